The number of aryl methyl sites for hydroxylation is 4. The van der Waals surface area contributed by atoms with Crippen molar-refractivity contribution in [1.29, 1.82) is 0 Å². The summed E-state index contributed by atoms with van der Waals surface area (Å²) in [6.45, 7) is 11.7. The Kier molecular flexibility index (Phi) is 9.72. The van der Waals surface area contributed by atoms with Crippen molar-refractivity contribution in [2.45, 2.75) is 128 Å². The summed E-state index contributed by atoms with van der Waals surface area (Å²) in [5.41, 5.74) is 9.62. The highest BCUT2D eigenvalue weighted by Gasteiger charge is 2.53. The second kappa shape index (κ2) is 13.9. The Balaban J connectivity index is 1.21. The van der Waals surface area contributed by atoms with Crippen molar-refractivity contribution in [2.75, 3.05) is 14.2 Å². The Bertz CT molecular complexity index is 1550. The molecule has 5 saturated carbocycles. The number of benzene rings is 3. The third-order valence-corrected chi connectivity index (χ3v) is 20.8. The highest BCUT2D eigenvalue weighted by atomic mass is 31.1. The molecule has 0 heterocycles. The minimum absolute atomic E-state index is 0.0547. The third kappa shape index (κ3) is 6.12. The molecule has 4 heteroatoms. The second-order valence-corrected chi connectivity index (χ2v) is 22.2. The van der Waals surface area contributed by atoms with Crippen LogP contribution in [0.15, 0.2) is 48.5 Å². The molecule has 0 spiro atoms. The van der Waals surface area contributed by atoms with Gasteiger partial charge in [-0.1, -0.05) is 58.4 Å². The first-order chi connectivity index (χ1) is 23.7. The quantitative estimate of drug-likeness (QED) is 0.197. The molecular weight excluding hydrogens is 634 g/mol. The Morgan fingerprint density at radius 1 is 0.633 bits per heavy atom. The minimum Gasteiger partial charge on any atom is -0.496 e. The molecule has 0 radical (unpaired) electrons. The monoisotopic (exact) mass is 694 g/mol. The van der Waals surface area contributed by atoms with Gasteiger partial charge in [-0.05, 0) is 207 Å². The second-order valence-electron chi connectivity index (χ2n) is 17.0. The molecule has 0 aromatic heterocycles. The lowest BCUT2D eigenvalue weighted by atomic mass is 9.87. The van der Waals surface area contributed by atoms with Crippen molar-refractivity contribution in [3.8, 4) is 11.5 Å². The van der Waals surface area contributed by atoms with Gasteiger partial charge in [-0.3, -0.25) is 0 Å². The molecule has 3 aromatic carbocycles. The summed E-state index contributed by atoms with van der Waals surface area (Å²) in [7, 11) is 2.91. The molecule has 262 valence electrons. The molecule has 5 aliphatic rings. The van der Waals surface area contributed by atoms with Gasteiger partial charge in [-0.2, -0.15) is 0 Å². The standard InChI is InChI=1S/C45H60O2P2/c1-27-19-36(20-28(2)44(27)46-6)49(37-21-29(3)45(47-7)30(4)22-37)41-14-9-8-11-40(41)39-13-10-12-38(39)31(5)48(42-25-32-15-17-34(42)23-32)43-26-33-16-18-35(43)24-33/h8-9,11,14,19-22,31-35,38-39,42-43H,10,12-13,15-18,23-26H2,1-7H3/t31-,32?,33?,34?,35?,38?,39?,42?,43?,48?/m1/s1. The van der Waals surface area contributed by atoms with E-state index in [-0.39, 0.29) is 7.92 Å². The molecule has 49 heavy (non-hydrogen) atoms. The number of rotatable bonds is 10. The van der Waals surface area contributed by atoms with E-state index in [2.05, 4.69) is 83.1 Å². The highest BCUT2D eigenvalue weighted by molar-refractivity contribution is 7.80. The van der Waals surface area contributed by atoms with E-state index in [1.807, 2.05) is 14.2 Å². The lowest BCUT2D eigenvalue weighted by Crippen LogP contribution is -2.34. The van der Waals surface area contributed by atoms with Gasteiger partial charge in [0.25, 0.3) is 0 Å². The SMILES string of the molecule is COc1c(C)cc(P(c2cc(C)c(OC)c(C)c2)c2ccccc2C2CCCC2[C@@H](C)P(C2CC3CCC2C3)C2CC3CCC2C3)cc1C. The highest BCUT2D eigenvalue weighted by Crippen LogP contribution is 2.71. The minimum atomic E-state index is -0.767. The summed E-state index contributed by atoms with van der Waals surface area (Å²) in [5.74, 6) is 7.76. The molecule has 0 amide bonds. The summed E-state index contributed by atoms with van der Waals surface area (Å²) in [5, 5.41) is 4.46. The number of hydrogen-bond donors (Lipinski definition) is 0. The van der Waals surface area contributed by atoms with Crippen LogP contribution in [0.5, 0.6) is 11.5 Å². The van der Waals surface area contributed by atoms with Gasteiger partial charge in [-0.15, -0.1) is 0 Å². The van der Waals surface area contributed by atoms with Gasteiger partial charge in [0.2, 0.25) is 0 Å². The maximum atomic E-state index is 5.87. The molecule has 0 aliphatic heterocycles. The van der Waals surface area contributed by atoms with Gasteiger partial charge in [0.05, 0.1) is 14.2 Å². The number of ether oxygens (including phenoxy) is 2. The molecular formula is C45H60O2P2. The van der Waals surface area contributed by atoms with E-state index in [1.54, 1.807) is 49.4 Å². The average molecular weight is 695 g/mol. The van der Waals surface area contributed by atoms with E-state index in [0.29, 0.717) is 5.92 Å². The fraction of sp³-hybridized carbons (Fsp3) is 0.600. The van der Waals surface area contributed by atoms with Crippen molar-refractivity contribution in [3.63, 3.8) is 0 Å². The first-order valence-electron chi connectivity index (χ1n) is 19.7. The average Bonchev–Trinajstić information content (AvgIpc) is 3.93. The topological polar surface area (TPSA) is 18.5 Å². The fourth-order valence-corrected chi connectivity index (χ4v) is 20.3. The van der Waals surface area contributed by atoms with Crippen molar-refractivity contribution >= 4 is 31.8 Å². The van der Waals surface area contributed by atoms with Crippen LogP contribution in [-0.4, -0.2) is 31.2 Å². The zero-order valence-electron chi connectivity index (χ0n) is 31.3. The Hall–Kier alpha value is -1.88. The van der Waals surface area contributed by atoms with Crippen molar-refractivity contribution < 1.29 is 9.47 Å². The smallest absolute Gasteiger partial charge is 0.124 e. The Labute approximate surface area is 300 Å². The van der Waals surface area contributed by atoms with Crippen LogP contribution in [0, 0.1) is 57.3 Å². The van der Waals surface area contributed by atoms with E-state index < -0.39 is 7.92 Å². The van der Waals surface area contributed by atoms with Crippen molar-refractivity contribution in [3.05, 3.63) is 76.3 Å². The van der Waals surface area contributed by atoms with Gasteiger partial charge >= 0.3 is 0 Å². The van der Waals surface area contributed by atoms with Crippen LogP contribution in [0.2, 0.25) is 0 Å². The summed E-state index contributed by atoms with van der Waals surface area (Å²) >= 11 is 0. The third-order valence-electron chi connectivity index (χ3n) is 14.2. The van der Waals surface area contributed by atoms with Crippen LogP contribution in [-0.2, 0) is 0 Å². The van der Waals surface area contributed by atoms with E-state index >= 15 is 0 Å². The molecule has 8 unspecified atom stereocenters. The predicted molar refractivity (Wildman–Crippen MR) is 212 cm³/mol. The summed E-state index contributed by atoms with van der Waals surface area (Å²) < 4.78 is 11.7. The Morgan fingerprint density at radius 2 is 1.14 bits per heavy atom. The summed E-state index contributed by atoms with van der Waals surface area (Å²) in [4.78, 5) is 0. The van der Waals surface area contributed by atoms with Crippen LogP contribution in [0.3, 0.4) is 0 Å². The molecule has 3 aromatic rings. The fourth-order valence-electron chi connectivity index (χ4n) is 12.4. The van der Waals surface area contributed by atoms with E-state index in [0.717, 1.165) is 58.1 Å². The first-order valence-corrected chi connectivity index (χ1v) is 22.6. The van der Waals surface area contributed by atoms with E-state index in [1.165, 1.54) is 65.0 Å². The number of fused-ring (bicyclic) bond motifs is 4. The summed E-state index contributed by atoms with van der Waals surface area (Å²) in [6.07, 6.45) is 16.6. The molecule has 5 fully saturated rings. The van der Waals surface area contributed by atoms with Gasteiger partial charge in [0, 0.05) is 0 Å². The van der Waals surface area contributed by atoms with Gasteiger partial charge < -0.3 is 9.47 Å². The Morgan fingerprint density at radius 3 is 1.59 bits per heavy atom. The number of hydrogen-bond acceptors (Lipinski definition) is 2. The molecule has 0 N–H and O–H groups in total. The van der Waals surface area contributed by atoms with E-state index in [4.69, 9.17) is 9.47 Å². The summed E-state index contributed by atoms with van der Waals surface area (Å²) in [6, 6.07) is 19.5. The van der Waals surface area contributed by atoms with Crippen molar-refractivity contribution in [2.24, 2.45) is 29.6 Å². The van der Waals surface area contributed by atoms with Gasteiger partial charge in [0.1, 0.15) is 11.5 Å². The van der Waals surface area contributed by atoms with Crippen LogP contribution < -0.4 is 25.4 Å². The molecule has 0 saturated heterocycles. The van der Waals surface area contributed by atoms with Gasteiger partial charge in [0.15, 0.2) is 0 Å². The van der Waals surface area contributed by atoms with E-state index in [9.17, 15) is 0 Å². The van der Waals surface area contributed by atoms with Crippen LogP contribution in [0.1, 0.15) is 111 Å². The lowest BCUT2D eigenvalue weighted by molar-refractivity contribution is 0.408. The molecule has 4 bridgehead atoms. The molecule has 5 aliphatic carbocycles. The molecule has 9 atom stereocenters. The van der Waals surface area contributed by atoms with Gasteiger partial charge in [-0.25, -0.2) is 0 Å². The lowest BCUT2D eigenvalue weighted by Gasteiger charge is -2.45. The zero-order valence-corrected chi connectivity index (χ0v) is 33.1. The van der Waals surface area contributed by atoms with Crippen LogP contribution >= 0.6 is 15.8 Å². The molecule has 8 rings (SSSR count). The number of methoxy groups -OCH3 is 2. The normalized spacial score (nSPS) is 31.5. The predicted octanol–water partition coefficient (Wildman–Crippen LogP) is 10.8. The van der Waals surface area contributed by atoms with Crippen LogP contribution in [0.25, 0.3) is 0 Å². The molecule has 2 nitrogen and oxygen atoms in total. The maximum Gasteiger partial charge on any atom is 0.124 e. The largest absolute Gasteiger partial charge is 0.496 e. The first kappa shape index (κ1) is 34.2. The maximum absolute atomic E-state index is 5.87. The zero-order chi connectivity index (χ0) is 34.0. The van der Waals surface area contributed by atoms with Crippen molar-refractivity contribution in [1.82, 2.24) is 0 Å². The van der Waals surface area contributed by atoms with Crippen LogP contribution in [0.4, 0.5) is 0 Å².